The van der Waals surface area contributed by atoms with Crippen LogP contribution in [0.1, 0.15) is 16.0 Å². The second-order valence-corrected chi connectivity index (χ2v) is 14.9. The van der Waals surface area contributed by atoms with Gasteiger partial charge in [-0.2, -0.15) is 0 Å². The molecule has 3 heterocycles. The van der Waals surface area contributed by atoms with Crippen molar-refractivity contribution in [3.05, 3.63) is 199 Å². The Bertz CT molecular complexity index is 3150. The van der Waals surface area contributed by atoms with Crippen molar-refractivity contribution in [2.75, 3.05) is 4.90 Å². The van der Waals surface area contributed by atoms with Gasteiger partial charge >= 0.3 is 0 Å². The highest BCUT2D eigenvalue weighted by Gasteiger charge is 2.24. The van der Waals surface area contributed by atoms with Gasteiger partial charge in [0.25, 0.3) is 0 Å². The standard InChI is InChI=1S/C50H32N2S/c1-32-42-30-35(36-25-27-48-43(31-36)39-18-6-8-20-47(39)52(48)46-22-11-15-34-13-3-5-17-38(34)46)24-26-45(42)51(44-21-10-14-33-12-2-4-16-37(33)44)29-28-41-40-19-7-9-23-49(40)53-50(32)41/h2-31H,1H2/b29-28-. The van der Waals surface area contributed by atoms with Crippen LogP contribution in [0.3, 0.4) is 0 Å². The van der Waals surface area contributed by atoms with Gasteiger partial charge in [0.15, 0.2) is 0 Å². The molecule has 10 aromatic rings. The van der Waals surface area contributed by atoms with Crippen molar-refractivity contribution in [2.45, 2.75) is 0 Å². The summed E-state index contributed by atoms with van der Waals surface area (Å²) < 4.78 is 3.70. The van der Waals surface area contributed by atoms with Crippen LogP contribution in [0.4, 0.5) is 11.4 Å². The van der Waals surface area contributed by atoms with Gasteiger partial charge in [0.1, 0.15) is 0 Å². The molecule has 0 spiro atoms. The Kier molecular flexibility index (Phi) is 6.61. The van der Waals surface area contributed by atoms with E-state index < -0.39 is 0 Å². The van der Waals surface area contributed by atoms with Crippen LogP contribution in [0.2, 0.25) is 0 Å². The lowest BCUT2D eigenvalue weighted by Crippen LogP contribution is -2.12. The number of nitrogens with zero attached hydrogens (tertiary/aromatic N) is 2. The van der Waals surface area contributed by atoms with Crippen LogP contribution in [-0.4, -0.2) is 4.57 Å². The number of hydrogen-bond acceptors (Lipinski definition) is 2. The fourth-order valence-corrected chi connectivity index (χ4v) is 9.59. The lowest BCUT2D eigenvalue weighted by Gasteiger charge is -2.28. The highest BCUT2D eigenvalue weighted by atomic mass is 32.1. The molecule has 0 fully saturated rings. The minimum atomic E-state index is 1.04. The summed E-state index contributed by atoms with van der Waals surface area (Å²) in [6.07, 6.45) is 4.52. The Morgan fingerprint density at radius 2 is 1.06 bits per heavy atom. The number of para-hydroxylation sites is 1. The molecule has 3 heteroatoms. The molecule has 0 saturated heterocycles. The number of benzene rings is 8. The maximum atomic E-state index is 4.82. The van der Waals surface area contributed by atoms with Crippen molar-refractivity contribution in [1.29, 1.82) is 0 Å². The fourth-order valence-electron chi connectivity index (χ4n) is 8.42. The molecule has 248 valence electrons. The minimum absolute atomic E-state index is 1.04. The fraction of sp³-hybridized carbons (Fsp3) is 0. The Labute approximate surface area is 311 Å². The largest absolute Gasteiger partial charge is 0.316 e. The van der Waals surface area contributed by atoms with Crippen LogP contribution < -0.4 is 4.90 Å². The number of rotatable bonds is 3. The number of anilines is 2. The topological polar surface area (TPSA) is 8.17 Å². The van der Waals surface area contributed by atoms with Crippen LogP contribution in [0.25, 0.3) is 81.9 Å². The second kappa shape index (κ2) is 11.7. The van der Waals surface area contributed by atoms with Gasteiger partial charge in [0.05, 0.1) is 28.1 Å². The van der Waals surface area contributed by atoms with E-state index in [1.165, 1.54) is 80.7 Å². The first kappa shape index (κ1) is 30.0. The molecule has 2 nitrogen and oxygen atoms in total. The number of hydrogen-bond donors (Lipinski definition) is 0. The number of fused-ring (bicyclic) bond motifs is 9. The normalized spacial score (nSPS) is 13.4. The Morgan fingerprint density at radius 3 is 1.87 bits per heavy atom. The molecule has 53 heavy (non-hydrogen) atoms. The molecule has 1 aliphatic heterocycles. The highest BCUT2D eigenvalue weighted by molar-refractivity contribution is 7.20. The zero-order valence-corrected chi connectivity index (χ0v) is 29.6. The zero-order chi connectivity index (χ0) is 35.0. The van der Waals surface area contributed by atoms with Crippen LogP contribution in [-0.2, 0) is 0 Å². The first-order chi connectivity index (χ1) is 26.2. The summed E-state index contributed by atoms with van der Waals surface area (Å²) in [4.78, 5) is 3.57. The van der Waals surface area contributed by atoms with E-state index in [1.54, 1.807) is 0 Å². The molecule has 0 radical (unpaired) electrons. The van der Waals surface area contributed by atoms with Crippen molar-refractivity contribution in [3.8, 4) is 16.8 Å². The molecule has 2 aromatic heterocycles. The van der Waals surface area contributed by atoms with Gasteiger partial charge in [0.2, 0.25) is 0 Å². The summed E-state index contributed by atoms with van der Waals surface area (Å²) >= 11 is 1.83. The molecule has 11 rings (SSSR count). The summed E-state index contributed by atoms with van der Waals surface area (Å²) in [5.41, 5.74) is 11.6. The molecule has 8 aromatic carbocycles. The number of thiophene rings is 1. The zero-order valence-electron chi connectivity index (χ0n) is 28.8. The molecule has 1 aliphatic rings. The van der Waals surface area contributed by atoms with E-state index >= 15 is 0 Å². The highest BCUT2D eigenvalue weighted by Crippen LogP contribution is 2.47. The molecule has 0 unspecified atom stereocenters. The summed E-state index contributed by atoms with van der Waals surface area (Å²) in [7, 11) is 0. The summed E-state index contributed by atoms with van der Waals surface area (Å²) in [6, 6.07) is 61.8. The molecular weight excluding hydrogens is 661 g/mol. The van der Waals surface area contributed by atoms with Gasteiger partial charge < -0.3 is 9.47 Å². The molecule has 0 N–H and O–H groups in total. The quantitative estimate of drug-likeness (QED) is 0.179. The Morgan fingerprint density at radius 1 is 0.453 bits per heavy atom. The van der Waals surface area contributed by atoms with Crippen LogP contribution >= 0.6 is 11.3 Å². The van der Waals surface area contributed by atoms with Crippen molar-refractivity contribution < 1.29 is 0 Å². The van der Waals surface area contributed by atoms with Crippen molar-refractivity contribution in [2.24, 2.45) is 0 Å². The molecule has 0 aliphatic carbocycles. The van der Waals surface area contributed by atoms with Gasteiger partial charge in [-0.05, 0) is 82.1 Å². The molecule has 0 bridgehead atoms. The van der Waals surface area contributed by atoms with E-state index in [0.717, 1.165) is 22.5 Å². The predicted octanol–water partition coefficient (Wildman–Crippen LogP) is 14.2. The average Bonchev–Trinajstić information content (AvgIpc) is 3.75. The summed E-state index contributed by atoms with van der Waals surface area (Å²) in [5, 5.41) is 8.66. The lowest BCUT2D eigenvalue weighted by molar-refractivity contribution is 1.20. The molecule has 0 amide bonds. The van der Waals surface area contributed by atoms with Gasteiger partial charge in [-0.1, -0.05) is 128 Å². The maximum absolute atomic E-state index is 4.82. The van der Waals surface area contributed by atoms with Gasteiger partial charge in [-0.15, -0.1) is 11.3 Å². The van der Waals surface area contributed by atoms with E-state index in [-0.39, 0.29) is 0 Å². The van der Waals surface area contributed by atoms with Gasteiger partial charge in [0, 0.05) is 53.8 Å². The molecular formula is C50H32N2S. The Balaban J connectivity index is 1.13. The van der Waals surface area contributed by atoms with E-state index in [4.69, 9.17) is 6.58 Å². The third-order valence-electron chi connectivity index (χ3n) is 10.9. The van der Waals surface area contributed by atoms with Crippen molar-refractivity contribution >= 4 is 87.8 Å². The van der Waals surface area contributed by atoms with Crippen LogP contribution in [0.15, 0.2) is 183 Å². The van der Waals surface area contributed by atoms with Gasteiger partial charge in [-0.25, -0.2) is 0 Å². The summed E-state index contributed by atoms with van der Waals surface area (Å²) in [6.45, 7) is 4.82. The third-order valence-corrected chi connectivity index (χ3v) is 12.2. The van der Waals surface area contributed by atoms with E-state index in [1.807, 2.05) is 11.3 Å². The number of aromatic nitrogens is 1. The third kappa shape index (κ3) is 4.58. The first-order valence-corrected chi connectivity index (χ1v) is 18.9. The van der Waals surface area contributed by atoms with E-state index in [2.05, 4.69) is 192 Å². The smallest absolute Gasteiger partial charge is 0.0541 e. The Hall–Kier alpha value is -6.68. The predicted molar refractivity (Wildman–Crippen MR) is 229 cm³/mol. The van der Waals surface area contributed by atoms with Gasteiger partial charge in [-0.3, -0.25) is 0 Å². The molecule has 0 atom stereocenters. The van der Waals surface area contributed by atoms with Crippen molar-refractivity contribution in [3.63, 3.8) is 0 Å². The van der Waals surface area contributed by atoms with Crippen molar-refractivity contribution in [1.82, 2.24) is 4.57 Å². The second-order valence-electron chi connectivity index (χ2n) is 13.8. The SMILES string of the molecule is C=C1c2cc(-c3ccc4c(c3)c3ccccc3n4-c3cccc4ccccc34)ccc2N(c2cccc3ccccc23)/C=C\c2c1sc1ccccc21. The first-order valence-electron chi connectivity index (χ1n) is 18.0. The van der Waals surface area contributed by atoms with Crippen LogP contribution in [0, 0.1) is 0 Å². The van der Waals surface area contributed by atoms with Crippen LogP contribution in [0.5, 0.6) is 0 Å². The maximum Gasteiger partial charge on any atom is 0.0541 e. The average molecular weight is 693 g/mol. The summed E-state index contributed by atoms with van der Waals surface area (Å²) in [5.74, 6) is 0. The lowest BCUT2D eigenvalue weighted by atomic mass is 9.93. The molecule has 0 saturated carbocycles. The van der Waals surface area contributed by atoms with E-state index in [0.29, 0.717) is 0 Å². The minimum Gasteiger partial charge on any atom is -0.316 e. The monoisotopic (exact) mass is 692 g/mol. The van der Waals surface area contributed by atoms with E-state index in [9.17, 15) is 0 Å².